The molecular weight excluding hydrogens is 231 g/mol. The summed E-state index contributed by atoms with van der Waals surface area (Å²) in [6.45, 7) is 0. The molecule has 1 N–H and O–H groups in total. The van der Waals surface area contributed by atoms with Gasteiger partial charge in [0.15, 0.2) is 5.03 Å². The summed E-state index contributed by atoms with van der Waals surface area (Å²) in [6, 6.07) is 2.40. The van der Waals surface area contributed by atoms with Crippen LogP contribution in [0.3, 0.4) is 0 Å². The molecule has 0 saturated heterocycles. The Labute approximate surface area is 83.1 Å². The zero-order chi connectivity index (χ0) is 10.3. The monoisotopic (exact) mass is 234 g/mol. The topological polar surface area (TPSA) is 62.8 Å². The molecule has 0 fully saturated rings. The van der Waals surface area contributed by atoms with E-state index in [2.05, 4.69) is 9.97 Å². The first kappa shape index (κ1) is 9.42. The third-order valence-corrected chi connectivity index (χ3v) is 2.92. The number of pyridine rings is 1. The summed E-state index contributed by atoms with van der Waals surface area (Å²) < 4.78 is 34.5. The fraction of sp³-hybridized carbons (Fsp3) is 0. The van der Waals surface area contributed by atoms with Crippen molar-refractivity contribution >= 4 is 30.8 Å². The van der Waals surface area contributed by atoms with Gasteiger partial charge in [-0.05, 0) is 12.1 Å². The van der Waals surface area contributed by atoms with Crippen LogP contribution in [0.15, 0.2) is 23.4 Å². The molecule has 0 aliphatic carbocycles. The molecule has 14 heavy (non-hydrogen) atoms. The predicted molar refractivity (Wildman–Crippen MR) is 49.1 cm³/mol. The molecule has 0 radical (unpaired) electrons. The maximum atomic E-state index is 12.7. The van der Waals surface area contributed by atoms with E-state index in [0.29, 0.717) is 5.39 Å². The first-order valence-corrected chi connectivity index (χ1v) is 5.87. The number of nitrogens with one attached hydrogen (secondary N) is 1. The molecular formula is C7H4ClFN2O2S. The van der Waals surface area contributed by atoms with Crippen molar-refractivity contribution in [3.05, 3.63) is 24.1 Å². The fourth-order valence-electron chi connectivity index (χ4n) is 1.09. The van der Waals surface area contributed by atoms with Crippen molar-refractivity contribution in [2.45, 2.75) is 5.03 Å². The van der Waals surface area contributed by atoms with Crippen LogP contribution in [-0.2, 0) is 9.05 Å². The molecule has 0 bridgehead atoms. The minimum Gasteiger partial charge on any atom is -0.329 e. The molecule has 0 amide bonds. The number of nitrogens with zero attached hydrogens (tertiary/aromatic N) is 1. The van der Waals surface area contributed by atoms with Crippen LogP contribution >= 0.6 is 10.7 Å². The number of aromatic amines is 1. The van der Waals surface area contributed by atoms with Gasteiger partial charge in [0.2, 0.25) is 0 Å². The molecule has 2 rings (SSSR count). The molecule has 0 atom stereocenters. The summed E-state index contributed by atoms with van der Waals surface area (Å²) in [7, 11) is 1.27. The van der Waals surface area contributed by atoms with E-state index in [1.54, 1.807) is 0 Å². The molecule has 0 unspecified atom stereocenters. The molecule has 7 heteroatoms. The Bertz CT molecular complexity index is 593. The van der Waals surface area contributed by atoms with Gasteiger partial charge in [-0.2, -0.15) is 0 Å². The Morgan fingerprint density at radius 3 is 2.79 bits per heavy atom. The van der Waals surface area contributed by atoms with Crippen molar-refractivity contribution in [2.75, 3.05) is 0 Å². The van der Waals surface area contributed by atoms with Crippen molar-refractivity contribution in [2.24, 2.45) is 0 Å². The van der Waals surface area contributed by atoms with Crippen molar-refractivity contribution in [3.63, 3.8) is 0 Å². The molecule has 0 aromatic carbocycles. The number of hydrogen-bond acceptors (Lipinski definition) is 3. The lowest BCUT2D eigenvalue weighted by Crippen LogP contribution is -1.89. The highest BCUT2D eigenvalue weighted by molar-refractivity contribution is 8.13. The van der Waals surface area contributed by atoms with E-state index >= 15 is 0 Å². The molecule has 0 saturated carbocycles. The van der Waals surface area contributed by atoms with Gasteiger partial charge in [0, 0.05) is 16.1 Å². The van der Waals surface area contributed by atoms with Gasteiger partial charge in [-0.25, -0.2) is 17.8 Å². The predicted octanol–water partition coefficient (Wildman–Crippen LogP) is 1.63. The Morgan fingerprint density at radius 2 is 2.14 bits per heavy atom. The van der Waals surface area contributed by atoms with Crippen molar-refractivity contribution in [1.29, 1.82) is 0 Å². The second-order valence-electron chi connectivity index (χ2n) is 2.66. The number of rotatable bonds is 1. The zero-order valence-corrected chi connectivity index (χ0v) is 8.23. The maximum absolute atomic E-state index is 12.7. The van der Waals surface area contributed by atoms with Crippen LogP contribution < -0.4 is 0 Å². The fourth-order valence-corrected chi connectivity index (χ4v) is 1.83. The zero-order valence-electron chi connectivity index (χ0n) is 6.66. The van der Waals surface area contributed by atoms with Gasteiger partial charge in [-0.3, -0.25) is 0 Å². The molecule has 0 aliphatic heterocycles. The highest BCUT2D eigenvalue weighted by atomic mass is 35.7. The number of hydrogen-bond donors (Lipinski definition) is 1. The average Bonchev–Trinajstić information content (AvgIpc) is 2.45. The SMILES string of the molecule is O=S(=O)(Cl)c1cc2cc(F)cnc2[nH]1. The number of fused-ring (bicyclic) bond motifs is 1. The minimum atomic E-state index is -3.82. The van der Waals surface area contributed by atoms with Gasteiger partial charge in [0.1, 0.15) is 11.5 Å². The summed E-state index contributed by atoms with van der Waals surface area (Å²) in [6.07, 6.45) is 0.990. The minimum absolute atomic E-state index is 0.188. The summed E-state index contributed by atoms with van der Waals surface area (Å²) in [5.74, 6) is -0.532. The number of aromatic nitrogens is 2. The standard InChI is InChI=1S/C7H4ClFN2O2S/c8-14(12,13)6-2-4-1-5(9)3-10-7(4)11-6/h1-3H,(H,10,11). The lowest BCUT2D eigenvalue weighted by atomic mass is 10.3. The third-order valence-electron chi connectivity index (χ3n) is 1.67. The van der Waals surface area contributed by atoms with E-state index in [1.165, 1.54) is 12.1 Å². The van der Waals surface area contributed by atoms with Crippen LogP contribution in [0, 0.1) is 5.82 Å². The molecule has 0 aliphatic rings. The largest absolute Gasteiger partial charge is 0.329 e. The van der Waals surface area contributed by atoms with Gasteiger partial charge >= 0.3 is 0 Å². The Morgan fingerprint density at radius 1 is 1.43 bits per heavy atom. The lowest BCUT2D eigenvalue weighted by Gasteiger charge is -1.87. The van der Waals surface area contributed by atoms with Crippen molar-refractivity contribution in [3.8, 4) is 0 Å². The lowest BCUT2D eigenvalue weighted by molar-refractivity contribution is 0.607. The van der Waals surface area contributed by atoms with Gasteiger partial charge < -0.3 is 4.98 Å². The van der Waals surface area contributed by atoms with Gasteiger partial charge in [0.25, 0.3) is 9.05 Å². The molecule has 2 aromatic heterocycles. The van der Waals surface area contributed by atoms with E-state index in [0.717, 1.165) is 6.20 Å². The molecule has 4 nitrogen and oxygen atoms in total. The highest BCUT2D eigenvalue weighted by Gasteiger charge is 2.13. The first-order chi connectivity index (χ1) is 6.47. The van der Waals surface area contributed by atoms with E-state index in [4.69, 9.17) is 10.7 Å². The van der Waals surface area contributed by atoms with Gasteiger partial charge in [0.05, 0.1) is 6.20 Å². The summed E-state index contributed by atoms with van der Waals surface area (Å²) in [5.41, 5.74) is 0.283. The molecule has 74 valence electrons. The summed E-state index contributed by atoms with van der Waals surface area (Å²) in [5, 5.41) is 0.177. The molecule has 0 spiro atoms. The van der Waals surface area contributed by atoms with Crippen molar-refractivity contribution < 1.29 is 12.8 Å². The normalized spacial score (nSPS) is 12.1. The smallest absolute Gasteiger partial charge is 0.276 e. The average molecular weight is 235 g/mol. The summed E-state index contributed by atoms with van der Waals surface area (Å²) in [4.78, 5) is 6.13. The third kappa shape index (κ3) is 1.58. The highest BCUT2D eigenvalue weighted by Crippen LogP contribution is 2.20. The van der Waals surface area contributed by atoms with E-state index in [-0.39, 0.29) is 10.7 Å². The van der Waals surface area contributed by atoms with Crippen LogP contribution in [0.5, 0.6) is 0 Å². The van der Waals surface area contributed by atoms with Crippen LogP contribution in [0.4, 0.5) is 4.39 Å². The second-order valence-corrected chi connectivity index (χ2v) is 5.20. The van der Waals surface area contributed by atoms with Crippen LogP contribution in [-0.4, -0.2) is 18.4 Å². The molecule has 2 aromatic rings. The summed E-state index contributed by atoms with van der Waals surface area (Å²) >= 11 is 0. The van der Waals surface area contributed by atoms with Crippen LogP contribution in [0.1, 0.15) is 0 Å². The van der Waals surface area contributed by atoms with E-state index < -0.39 is 14.9 Å². The van der Waals surface area contributed by atoms with Gasteiger partial charge in [-0.15, -0.1) is 0 Å². The van der Waals surface area contributed by atoms with Gasteiger partial charge in [-0.1, -0.05) is 0 Å². The quantitative estimate of drug-likeness (QED) is 0.763. The first-order valence-electron chi connectivity index (χ1n) is 3.56. The van der Waals surface area contributed by atoms with Crippen LogP contribution in [0.25, 0.3) is 11.0 Å². The maximum Gasteiger partial charge on any atom is 0.276 e. The Hall–Kier alpha value is -1.14. The van der Waals surface area contributed by atoms with Crippen molar-refractivity contribution in [1.82, 2.24) is 9.97 Å². The second kappa shape index (κ2) is 2.93. The number of H-pyrrole nitrogens is 1. The Balaban J connectivity index is 2.75. The van der Waals surface area contributed by atoms with E-state index in [1.807, 2.05) is 0 Å². The Kier molecular flexibility index (Phi) is 1.97. The van der Waals surface area contributed by atoms with E-state index in [9.17, 15) is 12.8 Å². The number of halogens is 2. The molecule has 2 heterocycles. The van der Waals surface area contributed by atoms with Crippen LogP contribution in [0.2, 0.25) is 0 Å².